The van der Waals surface area contributed by atoms with E-state index in [1.54, 1.807) is 12.1 Å². The summed E-state index contributed by atoms with van der Waals surface area (Å²) >= 11 is 0. The smallest absolute Gasteiger partial charge is 0.262 e. The molecule has 0 saturated carbocycles. The summed E-state index contributed by atoms with van der Waals surface area (Å²) in [7, 11) is 1.53. The number of nitrogens with one attached hydrogen (secondary N) is 2. The van der Waals surface area contributed by atoms with Gasteiger partial charge in [0.15, 0.2) is 18.2 Å². The Bertz CT molecular complexity index is 840. The van der Waals surface area contributed by atoms with Crippen LogP contribution in [0.15, 0.2) is 36.4 Å². The largest absolute Gasteiger partial charge is 0.488 e. The first-order valence-corrected chi connectivity index (χ1v) is 7.86. The molecular weight excluding hydrogens is 343 g/mol. The van der Waals surface area contributed by atoms with E-state index in [0.29, 0.717) is 29.3 Å². The summed E-state index contributed by atoms with van der Waals surface area (Å²) < 4.78 is 29.4. The van der Waals surface area contributed by atoms with Gasteiger partial charge in [-0.25, -0.2) is 4.39 Å². The van der Waals surface area contributed by atoms with Crippen LogP contribution in [0.5, 0.6) is 11.5 Å². The Morgan fingerprint density at radius 2 is 2.12 bits per heavy atom. The van der Waals surface area contributed by atoms with Crippen molar-refractivity contribution in [3.8, 4) is 11.5 Å². The monoisotopic (exact) mass is 360 g/mol. The molecule has 8 heteroatoms. The van der Waals surface area contributed by atoms with Crippen molar-refractivity contribution in [2.24, 2.45) is 0 Å². The minimum atomic E-state index is -0.588. The van der Waals surface area contributed by atoms with Crippen LogP contribution in [-0.4, -0.2) is 38.7 Å². The minimum Gasteiger partial charge on any atom is -0.488 e. The van der Waals surface area contributed by atoms with Gasteiger partial charge in [0.1, 0.15) is 12.4 Å². The van der Waals surface area contributed by atoms with Gasteiger partial charge in [0.2, 0.25) is 0 Å². The maximum Gasteiger partial charge on any atom is 0.262 e. The number of benzene rings is 2. The van der Waals surface area contributed by atoms with Gasteiger partial charge in [-0.3, -0.25) is 9.59 Å². The second-order valence-corrected chi connectivity index (χ2v) is 5.49. The predicted octanol–water partition coefficient (Wildman–Crippen LogP) is 2.43. The highest BCUT2D eigenvalue weighted by Gasteiger charge is 2.18. The molecule has 26 heavy (non-hydrogen) atoms. The Morgan fingerprint density at radius 1 is 1.27 bits per heavy atom. The summed E-state index contributed by atoms with van der Waals surface area (Å²) in [5, 5.41) is 5.25. The molecule has 2 aromatic rings. The molecule has 0 fully saturated rings. The van der Waals surface area contributed by atoms with Crippen molar-refractivity contribution in [2.45, 2.75) is 0 Å². The molecule has 2 amide bonds. The van der Waals surface area contributed by atoms with Crippen LogP contribution in [0.3, 0.4) is 0 Å². The zero-order valence-electron chi connectivity index (χ0n) is 14.0. The molecule has 0 saturated heterocycles. The Balaban J connectivity index is 1.68. The molecule has 2 aromatic carbocycles. The van der Waals surface area contributed by atoms with E-state index in [2.05, 4.69) is 10.6 Å². The number of methoxy groups -OCH3 is 1. The molecule has 1 aliphatic rings. The van der Waals surface area contributed by atoms with Gasteiger partial charge in [-0.05, 0) is 30.3 Å². The predicted molar refractivity (Wildman–Crippen MR) is 92.3 cm³/mol. The summed E-state index contributed by atoms with van der Waals surface area (Å²) in [4.78, 5) is 23.6. The van der Waals surface area contributed by atoms with E-state index in [1.165, 1.54) is 31.4 Å². The first kappa shape index (κ1) is 17.7. The Hall–Kier alpha value is -3.13. The van der Waals surface area contributed by atoms with E-state index in [4.69, 9.17) is 14.2 Å². The second-order valence-electron chi connectivity index (χ2n) is 5.49. The van der Waals surface area contributed by atoms with E-state index in [1.807, 2.05) is 0 Å². The van der Waals surface area contributed by atoms with Crippen LogP contribution >= 0.6 is 0 Å². The van der Waals surface area contributed by atoms with Crippen LogP contribution < -0.4 is 20.1 Å². The van der Waals surface area contributed by atoms with Crippen molar-refractivity contribution in [3.05, 3.63) is 47.8 Å². The van der Waals surface area contributed by atoms with Gasteiger partial charge in [-0.2, -0.15) is 0 Å². The molecule has 0 atom stereocenters. The van der Waals surface area contributed by atoms with E-state index in [0.717, 1.165) is 0 Å². The Kier molecular flexibility index (Phi) is 5.33. The van der Waals surface area contributed by atoms with Crippen LogP contribution in [0.25, 0.3) is 0 Å². The van der Waals surface area contributed by atoms with Crippen molar-refractivity contribution in [1.82, 2.24) is 0 Å². The van der Waals surface area contributed by atoms with Crippen LogP contribution in [-0.2, 0) is 9.53 Å². The molecule has 0 bridgehead atoms. The summed E-state index contributed by atoms with van der Waals surface area (Å²) in [6, 6.07) is 8.79. The lowest BCUT2D eigenvalue weighted by molar-refractivity contribution is -0.118. The van der Waals surface area contributed by atoms with Gasteiger partial charge in [-0.1, -0.05) is 0 Å². The number of amides is 2. The lowest BCUT2D eigenvalue weighted by Crippen LogP contribution is -2.25. The number of halogens is 1. The van der Waals surface area contributed by atoms with Gasteiger partial charge in [0.25, 0.3) is 11.8 Å². The third-order valence-electron chi connectivity index (χ3n) is 3.61. The minimum absolute atomic E-state index is 0.0815. The zero-order chi connectivity index (χ0) is 18.5. The molecule has 0 spiro atoms. The van der Waals surface area contributed by atoms with Crippen LogP contribution in [0.1, 0.15) is 10.4 Å². The molecule has 0 unspecified atom stereocenters. The SMILES string of the molecule is COCCOc1ccc(NC(=O)c2ccc3c(c2)OCC(=O)N3)cc1F. The van der Waals surface area contributed by atoms with E-state index in [-0.39, 0.29) is 24.9 Å². The Labute approximate surface area is 149 Å². The highest BCUT2D eigenvalue weighted by atomic mass is 19.1. The van der Waals surface area contributed by atoms with E-state index < -0.39 is 11.7 Å². The second kappa shape index (κ2) is 7.83. The highest BCUT2D eigenvalue weighted by molar-refractivity contribution is 6.05. The quantitative estimate of drug-likeness (QED) is 0.773. The summed E-state index contributed by atoms with van der Waals surface area (Å²) in [5.74, 6) is -0.780. The summed E-state index contributed by atoms with van der Waals surface area (Å²) in [5.41, 5.74) is 1.11. The van der Waals surface area contributed by atoms with Gasteiger partial charge in [-0.15, -0.1) is 0 Å². The molecule has 7 nitrogen and oxygen atoms in total. The Morgan fingerprint density at radius 3 is 2.88 bits per heavy atom. The average molecular weight is 360 g/mol. The average Bonchev–Trinajstić information content (AvgIpc) is 2.63. The molecular formula is C18H17FN2O5. The standard InChI is InChI=1S/C18H17FN2O5/c1-24-6-7-25-15-5-3-12(9-13(15)19)20-18(23)11-2-4-14-16(8-11)26-10-17(22)21-14/h2-5,8-9H,6-7,10H2,1H3,(H,20,23)(H,21,22). The third kappa shape index (κ3) is 4.09. The molecule has 3 rings (SSSR count). The molecule has 1 aliphatic heterocycles. The van der Waals surface area contributed by atoms with Gasteiger partial charge >= 0.3 is 0 Å². The van der Waals surface area contributed by atoms with Crippen molar-refractivity contribution in [2.75, 3.05) is 37.6 Å². The zero-order valence-corrected chi connectivity index (χ0v) is 14.0. The number of carbonyl (C=O) groups excluding carboxylic acids is 2. The molecule has 136 valence electrons. The van der Waals surface area contributed by atoms with Crippen molar-refractivity contribution >= 4 is 23.2 Å². The lowest BCUT2D eigenvalue weighted by atomic mass is 10.1. The molecule has 2 N–H and O–H groups in total. The van der Waals surface area contributed by atoms with Gasteiger partial charge < -0.3 is 24.8 Å². The van der Waals surface area contributed by atoms with Crippen molar-refractivity contribution in [1.29, 1.82) is 0 Å². The van der Waals surface area contributed by atoms with Crippen LogP contribution in [0.2, 0.25) is 0 Å². The maximum absolute atomic E-state index is 14.0. The molecule has 1 heterocycles. The fourth-order valence-electron chi connectivity index (χ4n) is 2.35. The first-order valence-electron chi connectivity index (χ1n) is 7.86. The number of carbonyl (C=O) groups is 2. The fourth-order valence-corrected chi connectivity index (χ4v) is 2.35. The maximum atomic E-state index is 14.0. The fraction of sp³-hybridized carbons (Fsp3) is 0.222. The third-order valence-corrected chi connectivity index (χ3v) is 3.61. The number of rotatable bonds is 6. The first-order chi connectivity index (χ1) is 12.6. The summed E-state index contributed by atoms with van der Waals surface area (Å²) in [6.45, 7) is 0.470. The number of hydrogen-bond acceptors (Lipinski definition) is 5. The normalized spacial score (nSPS) is 12.6. The van der Waals surface area contributed by atoms with Crippen molar-refractivity contribution in [3.63, 3.8) is 0 Å². The van der Waals surface area contributed by atoms with Gasteiger partial charge in [0.05, 0.1) is 12.3 Å². The van der Waals surface area contributed by atoms with E-state index in [9.17, 15) is 14.0 Å². The van der Waals surface area contributed by atoms with Crippen molar-refractivity contribution < 1.29 is 28.2 Å². The molecule has 0 aromatic heterocycles. The topological polar surface area (TPSA) is 85.9 Å². The number of fused-ring (bicyclic) bond motifs is 1. The van der Waals surface area contributed by atoms with Gasteiger partial charge in [0, 0.05) is 24.4 Å². The highest BCUT2D eigenvalue weighted by Crippen LogP contribution is 2.29. The number of anilines is 2. The lowest BCUT2D eigenvalue weighted by Gasteiger charge is -2.18. The number of ether oxygens (including phenoxy) is 3. The molecule has 0 aliphatic carbocycles. The van der Waals surface area contributed by atoms with Crippen LogP contribution in [0, 0.1) is 5.82 Å². The molecule has 0 radical (unpaired) electrons. The van der Waals surface area contributed by atoms with E-state index >= 15 is 0 Å². The van der Waals surface area contributed by atoms with Crippen LogP contribution in [0.4, 0.5) is 15.8 Å². The summed E-state index contributed by atoms with van der Waals surface area (Å²) in [6.07, 6.45) is 0. The number of hydrogen-bond donors (Lipinski definition) is 2.